The summed E-state index contributed by atoms with van der Waals surface area (Å²) in [6, 6.07) is 25.1. The molecule has 2 amide bonds. The SMILES string of the molecule is CC(C)c1ccccc1OCC(=O)N(Cc1cccc(Br)c1)[C@H](Cc1ccccc1)C(=O)NC1CCCCC1. The van der Waals surface area contributed by atoms with E-state index < -0.39 is 6.04 Å². The van der Waals surface area contributed by atoms with Crippen molar-refractivity contribution in [3.63, 3.8) is 0 Å². The number of ether oxygens (including phenoxy) is 1. The molecule has 4 rings (SSSR count). The minimum absolute atomic E-state index is 0.100. The van der Waals surface area contributed by atoms with E-state index in [0.29, 0.717) is 18.7 Å². The van der Waals surface area contributed by atoms with Crippen molar-refractivity contribution < 1.29 is 14.3 Å². The van der Waals surface area contributed by atoms with E-state index >= 15 is 0 Å². The third kappa shape index (κ3) is 8.43. The number of halogens is 1. The number of benzene rings is 3. The lowest BCUT2D eigenvalue weighted by Crippen LogP contribution is -2.53. The Morgan fingerprint density at radius 2 is 1.62 bits per heavy atom. The first-order valence-electron chi connectivity index (χ1n) is 14.0. The van der Waals surface area contributed by atoms with Crippen LogP contribution in [0.1, 0.15) is 68.6 Å². The number of carbonyl (C=O) groups excluding carboxylic acids is 2. The molecule has 1 saturated carbocycles. The minimum atomic E-state index is -0.662. The molecule has 0 spiro atoms. The minimum Gasteiger partial charge on any atom is -0.483 e. The highest BCUT2D eigenvalue weighted by Crippen LogP contribution is 2.26. The van der Waals surface area contributed by atoms with Crippen molar-refractivity contribution >= 4 is 27.7 Å². The van der Waals surface area contributed by atoms with Crippen molar-refractivity contribution in [3.8, 4) is 5.75 Å². The molecule has 5 nitrogen and oxygen atoms in total. The van der Waals surface area contributed by atoms with Crippen LogP contribution >= 0.6 is 15.9 Å². The number of hydrogen-bond acceptors (Lipinski definition) is 3. The molecule has 1 fully saturated rings. The second-order valence-corrected chi connectivity index (χ2v) is 11.6. The number of rotatable bonds is 11. The van der Waals surface area contributed by atoms with Gasteiger partial charge in [0.05, 0.1) is 0 Å². The number of nitrogens with one attached hydrogen (secondary N) is 1. The summed E-state index contributed by atoms with van der Waals surface area (Å²) >= 11 is 3.55. The summed E-state index contributed by atoms with van der Waals surface area (Å²) in [7, 11) is 0. The third-order valence-electron chi connectivity index (χ3n) is 7.36. The summed E-state index contributed by atoms with van der Waals surface area (Å²) in [5, 5.41) is 3.29. The van der Waals surface area contributed by atoms with E-state index in [9.17, 15) is 9.59 Å². The van der Waals surface area contributed by atoms with Gasteiger partial charge in [-0.2, -0.15) is 0 Å². The zero-order valence-electron chi connectivity index (χ0n) is 22.9. The maximum absolute atomic E-state index is 13.9. The Hall–Kier alpha value is -3.12. The van der Waals surface area contributed by atoms with Gasteiger partial charge in [0.2, 0.25) is 5.91 Å². The molecule has 3 aromatic rings. The maximum Gasteiger partial charge on any atom is 0.261 e. The molecule has 1 aliphatic carbocycles. The van der Waals surface area contributed by atoms with Gasteiger partial charge < -0.3 is 15.0 Å². The molecule has 0 unspecified atom stereocenters. The summed E-state index contributed by atoms with van der Waals surface area (Å²) in [6.07, 6.45) is 5.86. The van der Waals surface area contributed by atoms with Gasteiger partial charge in [0, 0.05) is 23.5 Å². The van der Waals surface area contributed by atoms with Crippen molar-refractivity contribution in [3.05, 3.63) is 100 Å². The monoisotopic (exact) mass is 590 g/mol. The molecule has 39 heavy (non-hydrogen) atoms. The summed E-state index contributed by atoms with van der Waals surface area (Å²) < 4.78 is 7.03. The van der Waals surface area contributed by atoms with Gasteiger partial charge in [0.25, 0.3) is 5.91 Å². The molecule has 1 aliphatic rings. The van der Waals surface area contributed by atoms with Crippen LogP contribution in [0.4, 0.5) is 0 Å². The maximum atomic E-state index is 13.9. The highest BCUT2D eigenvalue weighted by Gasteiger charge is 2.32. The summed E-state index contributed by atoms with van der Waals surface area (Å²) in [4.78, 5) is 29.5. The van der Waals surface area contributed by atoms with Crippen LogP contribution in [0.5, 0.6) is 5.75 Å². The van der Waals surface area contributed by atoms with E-state index in [1.165, 1.54) is 6.42 Å². The predicted octanol–water partition coefficient (Wildman–Crippen LogP) is 7.04. The number of carbonyl (C=O) groups is 2. The van der Waals surface area contributed by atoms with Crippen LogP contribution in [-0.2, 0) is 22.6 Å². The van der Waals surface area contributed by atoms with E-state index in [0.717, 1.165) is 46.8 Å². The first kappa shape index (κ1) is 28.9. The Labute approximate surface area is 241 Å². The summed E-state index contributed by atoms with van der Waals surface area (Å²) in [5.41, 5.74) is 3.02. The Balaban J connectivity index is 1.63. The topological polar surface area (TPSA) is 58.6 Å². The first-order valence-corrected chi connectivity index (χ1v) is 14.8. The van der Waals surface area contributed by atoms with E-state index in [2.05, 4.69) is 35.1 Å². The highest BCUT2D eigenvalue weighted by molar-refractivity contribution is 9.10. The van der Waals surface area contributed by atoms with Crippen LogP contribution in [0.25, 0.3) is 0 Å². The smallest absolute Gasteiger partial charge is 0.261 e. The Bertz CT molecular complexity index is 1220. The predicted molar refractivity (Wildman–Crippen MR) is 160 cm³/mol. The fourth-order valence-corrected chi connectivity index (χ4v) is 5.69. The van der Waals surface area contributed by atoms with Crippen LogP contribution < -0.4 is 10.1 Å². The van der Waals surface area contributed by atoms with Gasteiger partial charge in [-0.3, -0.25) is 9.59 Å². The van der Waals surface area contributed by atoms with Crippen molar-refractivity contribution in [1.29, 1.82) is 0 Å². The van der Waals surface area contributed by atoms with Gasteiger partial charge in [-0.15, -0.1) is 0 Å². The highest BCUT2D eigenvalue weighted by atomic mass is 79.9. The summed E-state index contributed by atoms with van der Waals surface area (Å²) in [5.74, 6) is 0.653. The summed E-state index contributed by atoms with van der Waals surface area (Å²) in [6.45, 7) is 4.38. The molecule has 0 aromatic heterocycles. The zero-order chi connectivity index (χ0) is 27.6. The van der Waals surface area contributed by atoms with Crippen LogP contribution in [0.15, 0.2) is 83.3 Å². The number of amides is 2. The van der Waals surface area contributed by atoms with Gasteiger partial charge in [-0.25, -0.2) is 0 Å². The number of nitrogens with zero attached hydrogens (tertiary/aromatic N) is 1. The van der Waals surface area contributed by atoms with Crippen LogP contribution in [0.2, 0.25) is 0 Å². The Morgan fingerprint density at radius 3 is 2.33 bits per heavy atom. The van der Waals surface area contributed by atoms with Crippen molar-refractivity contribution in [2.45, 2.75) is 76.9 Å². The van der Waals surface area contributed by atoms with Crippen molar-refractivity contribution in [2.75, 3.05) is 6.61 Å². The molecular weight excluding hydrogens is 552 g/mol. The lowest BCUT2D eigenvalue weighted by atomic mass is 9.94. The van der Waals surface area contributed by atoms with E-state index in [4.69, 9.17) is 4.74 Å². The van der Waals surface area contributed by atoms with Crippen LogP contribution in [0.3, 0.4) is 0 Å². The largest absolute Gasteiger partial charge is 0.483 e. The molecule has 0 bridgehead atoms. The van der Waals surface area contributed by atoms with Gasteiger partial charge in [0.15, 0.2) is 6.61 Å². The molecule has 206 valence electrons. The van der Waals surface area contributed by atoms with Gasteiger partial charge >= 0.3 is 0 Å². The van der Waals surface area contributed by atoms with Crippen LogP contribution in [0, 0.1) is 0 Å². The van der Waals surface area contributed by atoms with E-state index in [1.54, 1.807) is 4.90 Å². The molecule has 0 saturated heterocycles. The second kappa shape index (κ2) is 14.3. The molecule has 3 aromatic carbocycles. The lowest BCUT2D eigenvalue weighted by Gasteiger charge is -2.33. The standard InChI is InChI=1S/C33H39BrN2O3/c1-24(2)29-18-9-10-19-31(29)39-23-32(37)36(22-26-14-11-15-27(34)20-26)30(21-25-12-5-3-6-13-25)33(38)35-28-16-7-4-8-17-28/h3,5-6,9-15,18-20,24,28,30H,4,7-8,16-17,21-23H2,1-2H3,(H,35,38)/t30-/m1/s1. The molecule has 6 heteroatoms. The average Bonchev–Trinajstić information content (AvgIpc) is 2.95. The Kier molecular flexibility index (Phi) is 10.6. The number of para-hydroxylation sites is 1. The molecule has 0 heterocycles. The fraction of sp³-hybridized carbons (Fsp3) is 0.394. The van der Waals surface area contributed by atoms with Gasteiger partial charge in [-0.1, -0.05) is 110 Å². The van der Waals surface area contributed by atoms with Gasteiger partial charge in [0.1, 0.15) is 11.8 Å². The number of hydrogen-bond donors (Lipinski definition) is 1. The van der Waals surface area contributed by atoms with Crippen molar-refractivity contribution in [2.24, 2.45) is 0 Å². The molecule has 1 N–H and O–H groups in total. The van der Waals surface area contributed by atoms with Crippen LogP contribution in [-0.4, -0.2) is 35.4 Å². The fourth-order valence-electron chi connectivity index (χ4n) is 5.24. The van der Waals surface area contributed by atoms with E-state index in [-0.39, 0.29) is 30.4 Å². The average molecular weight is 592 g/mol. The van der Waals surface area contributed by atoms with Crippen molar-refractivity contribution in [1.82, 2.24) is 10.2 Å². The molecule has 0 radical (unpaired) electrons. The molecular formula is C33H39BrN2O3. The zero-order valence-corrected chi connectivity index (χ0v) is 24.5. The quantitative estimate of drug-likeness (QED) is 0.260. The van der Waals surface area contributed by atoms with E-state index in [1.807, 2.05) is 78.9 Å². The second-order valence-electron chi connectivity index (χ2n) is 10.7. The molecule has 0 aliphatic heterocycles. The molecule has 1 atom stereocenters. The first-order chi connectivity index (χ1) is 18.9. The Morgan fingerprint density at radius 1 is 0.923 bits per heavy atom. The van der Waals surface area contributed by atoms with Gasteiger partial charge in [-0.05, 0) is 53.6 Å². The lowest BCUT2D eigenvalue weighted by molar-refractivity contribution is -0.143. The normalized spacial score (nSPS) is 14.6. The third-order valence-corrected chi connectivity index (χ3v) is 7.85.